The maximum absolute atomic E-state index is 12.8. The Morgan fingerprint density at radius 2 is 1.69 bits per heavy atom. The Kier molecular flexibility index (Phi) is 6.96. The molecule has 2 aromatic carbocycles. The van der Waals surface area contributed by atoms with Gasteiger partial charge in [0.2, 0.25) is 0 Å². The second-order valence-electron chi connectivity index (χ2n) is 7.95. The van der Waals surface area contributed by atoms with Crippen LogP contribution in [0.25, 0.3) is 0 Å². The zero-order chi connectivity index (χ0) is 22.7. The average molecular weight is 517 g/mol. The summed E-state index contributed by atoms with van der Waals surface area (Å²) in [5.74, 6) is -0.983. The number of hydrogen-bond donors (Lipinski definition) is 2. The molecule has 1 heterocycles. The normalized spacial score (nSPS) is 17.1. The van der Waals surface area contributed by atoms with Gasteiger partial charge >= 0.3 is 0 Å². The van der Waals surface area contributed by atoms with E-state index in [1.54, 1.807) is 24.3 Å². The Balaban J connectivity index is 1.37. The van der Waals surface area contributed by atoms with Gasteiger partial charge in [-0.1, -0.05) is 55.1 Å². The molecule has 1 fully saturated rings. The summed E-state index contributed by atoms with van der Waals surface area (Å²) in [6, 6.07) is 14.4. The van der Waals surface area contributed by atoms with Crippen LogP contribution >= 0.6 is 27.5 Å². The molecule has 6 nitrogen and oxygen atoms in total. The number of carbonyl (C=O) groups excluding carboxylic acids is 3. The number of amides is 3. The molecule has 2 N–H and O–H groups in total. The smallest absolute Gasteiger partial charge is 0.278 e. The number of nitrogens with one attached hydrogen (secondary N) is 2. The number of nitrogens with zero attached hydrogens (tertiary/aromatic N) is 1. The minimum Gasteiger partial charge on any atom is -0.375 e. The molecule has 4 rings (SSSR count). The molecule has 8 heteroatoms. The molecule has 0 spiro atoms. The quantitative estimate of drug-likeness (QED) is 0.533. The second-order valence-corrected chi connectivity index (χ2v) is 9.18. The van der Waals surface area contributed by atoms with Gasteiger partial charge in [0.1, 0.15) is 10.7 Å². The third-order valence-corrected chi connectivity index (χ3v) is 6.85. The van der Waals surface area contributed by atoms with Crippen LogP contribution in [0, 0.1) is 0 Å². The summed E-state index contributed by atoms with van der Waals surface area (Å²) in [4.78, 5) is 39.2. The maximum atomic E-state index is 12.8. The van der Waals surface area contributed by atoms with Crippen molar-refractivity contribution in [1.29, 1.82) is 0 Å². The summed E-state index contributed by atoms with van der Waals surface area (Å²) in [7, 11) is 0. The molecule has 2 aliphatic rings. The van der Waals surface area contributed by atoms with Crippen molar-refractivity contribution in [3.05, 3.63) is 74.9 Å². The van der Waals surface area contributed by atoms with E-state index < -0.39 is 5.91 Å². The van der Waals surface area contributed by atoms with Crippen molar-refractivity contribution in [1.82, 2.24) is 10.2 Å². The molecule has 32 heavy (non-hydrogen) atoms. The molecule has 0 radical (unpaired) electrons. The lowest BCUT2D eigenvalue weighted by molar-refractivity contribution is -0.140. The van der Waals surface area contributed by atoms with E-state index in [0.29, 0.717) is 17.8 Å². The van der Waals surface area contributed by atoms with Crippen LogP contribution < -0.4 is 10.6 Å². The number of para-hydroxylation sites is 1. The highest BCUT2D eigenvalue weighted by Gasteiger charge is 2.41. The lowest BCUT2D eigenvalue weighted by Gasteiger charge is -2.29. The molecule has 0 atom stereocenters. The van der Waals surface area contributed by atoms with E-state index in [0.717, 1.165) is 42.1 Å². The topological polar surface area (TPSA) is 78.5 Å². The highest BCUT2D eigenvalue weighted by Crippen LogP contribution is 2.31. The second kappa shape index (κ2) is 9.88. The zero-order valence-corrected chi connectivity index (χ0v) is 19.7. The van der Waals surface area contributed by atoms with E-state index in [-0.39, 0.29) is 28.6 Å². The third-order valence-electron chi connectivity index (χ3n) is 5.81. The van der Waals surface area contributed by atoms with E-state index in [1.807, 2.05) is 24.3 Å². The van der Waals surface area contributed by atoms with Crippen molar-refractivity contribution in [2.45, 2.75) is 44.7 Å². The number of imide groups is 1. The van der Waals surface area contributed by atoms with E-state index in [2.05, 4.69) is 26.6 Å². The van der Waals surface area contributed by atoms with Gasteiger partial charge in [-0.2, -0.15) is 0 Å². The van der Waals surface area contributed by atoms with Crippen LogP contribution in [-0.4, -0.2) is 28.7 Å². The van der Waals surface area contributed by atoms with Crippen molar-refractivity contribution in [2.24, 2.45) is 0 Å². The van der Waals surface area contributed by atoms with Crippen molar-refractivity contribution >= 4 is 50.9 Å². The minimum atomic E-state index is -0.412. The Hall–Kier alpha value is -2.64. The summed E-state index contributed by atoms with van der Waals surface area (Å²) >= 11 is 9.62. The van der Waals surface area contributed by atoms with Gasteiger partial charge in [0.05, 0.1) is 5.69 Å². The molecular weight excluding hydrogens is 494 g/mol. The lowest BCUT2D eigenvalue weighted by Crippen LogP contribution is -2.43. The molecular formula is C24H23BrClN3O3. The molecule has 0 saturated heterocycles. The van der Waals surface area contributed by atoms with Gasteiger partial charge < -0.3 is 10.6 Å². The maximum Gasteiger partial charge on any atom is 0.278 e. The van der Waals surface area contributed by atoms with Gasteiger partial charge in [0.15, 0.2) is 0 Å². The van der Waals surface area contributed by atoms with Crippen LogP contribution in [0.3, 0.4) is 0 Å². The minimum absolute atomic E-state index is 0.0509. The number of hydrogen-bond acceptors (Lipinski definition) is 4. The SMILES string of the molecule is O=C(Nc1ccccc1Br)c1ccc(CNC2=C(Cl)C(=O)N(C3CCCCC3)C2=O)cc1. The first-order valence-corrected chi connectivity index (χ1v) is 11.8. The van der Waals surface area contributed by atoms with Gasteiger partial charge in [0, 0.05) is 22.6 Å². The largest absolute Gasteiger partial charge is 0.375 e. The Morgan fingerprint density at radius 1 is 1.00 bits per heavy atom. The molecule has 1 aliphatic heterocycles. The molecule has 1 aliphatic carbocycles. The molecule has 0 aromatic heterocycles. The number of anilines is 1. The number of rotatable bonds is 6. The van der Waals surface area contributed by atoms with E-state index in [9.17, 15) is 14.4 Å². The fraction of sp³-hybridized carbons (Fsp3) is 0.292. The van der Waals surface area contributed by atoms with Crippen molar-refractivity contribution < 1.29 is 14.4 Å². The van der Waals surface area contributed by atoms with Crippen molar-refractivity contribution in [2.75, 3.05) is 5.32 Å². The van der Waals surface area contributed by atoms with Crippen LogP contribution in [0.4, 0.5) is 5.69 Å². The van der Waals surface area contributed by atoms with Crippen LogP contribution in [0.1, 0.15) is 48.0 Å². The predicted molar refractivity (Wildman–Crippen MR) is 127 cm³/mol. The first-order chi connectivity index (χ1) is 15.5. The fourth-order valence-electron chi connectivity index (χ4n) is 4.06. The van der Waals surface area contributed by atoms with Crippen LogP contribution in [0.15, 0.2) is 63.7 Å². The molecule has 0 unspecified atom stereocenters. The molecule has 1 saturated carbocycles. The predicted octanol–water partition coefficient (Wildman–Crippen LogP) is 4.94. The first-order valence-electron chi connectivity index (χ1n) is 10.6. The highest BCUT2D eigenvalue weighted by atomic mass is 79.9. The zero-order valence-electron chi connectivity index (χ0n) is 17.4. The van der Waals surface area contributed by atoms with Gasteiger partial charge in [-0.3, -0.25) is 19.3 Å². The lowest BCUT2D eigenvalue weighted by atomic mass is 9.94. The van der Waals surface area contributed by atoms with Gasteiger partial charge in [-0.15, -0.1) is 0 Å². The summed E-state index contributed by atoms with van der Waals surface area (Å²) in [6.45, 7) is 0.315. The van der Waals surface area contributed by atoms with Gasteiger partial charge in [0.25, 0.3) is 17.7 Å². The van der Waals surface area contributed by atoms with Gasteiger partial charge in [-0.25, -0.2) is 0 Å². The number of benzene rings is 2. The van der Waals surface area contributed by atoms with E-state index in [1.165, 1.54) is 4.90 Å². The van der Waals surface area contributed by atoms with Crippen LogP contribution in [0.5, 0.6) is 0 Å². The summed E-state index contributed by atoms with van der Waals surface area (Å²) < 4.78 is 0.803. The standard InChI is InChI=1S/C24H23BrClN3O3/c25-18-8-4-5-9-19(18)28-22(30)16-12-10-15(11-13-16)14-27-21-20(26)23(31)29(24(21)32)17-6-2-1-3-7-17/h4-5,8-13,17,27H,1-3,6-7,14H2,(H,28,30). The molecule has 166 valence electrons. The summed E-state index contributed by atoms with van der Waals surface area (Å²) in [5, 5.41) is 5.83. The molecule has 0 bridgehead atoms. The third kappa shape index (κ3) is 4.74. The molecule has 2 aromatic rings. The van der Waals surface area contributed by atoms with E-state index in [4.69, 9.17) is 11.6 Å². The van der Waals surface area contributed by atoms with E-state index >= 15 is 0 Å². The highest BCUT2D eigenvalue weighted by molar-refractivity contribution is 9.10. The summed E-state index contributed by atoms with van der Waals surface area (Å²) in [5.41, 5.74) is 2.21. The fourth-order valence-corrected chi connectivity index (χ4v) is 4.69. The Morgan fingerprint density at radius 3 is 2.38 bits per heavy atom. The number of carbonyl (C=O) groups is 3. The van der Waals surface area contributed by atoms with Gasteiger partial charge in [-0.05, 0) is 58.6 Å². The van der Waals surface area contributed by atoms with Crippen LogP contribution in [0.2, 0.25) is 0 Å². The summed E-state index contributed by atoms with van der Waals surface area (Å²) in [6.07, 6.45) is 4.83. The Bertz CT molecular complexity index is 1080. The van der Waals surface area contributed by atoms with Crippen LogP contribution in [-0.2, 0) is 16.1 Å². The monoisotopic (exact) mass is 515 g/mol. The molecule has 3 amide bonds. The Labute approximate surface area is 200 Å². The van der Waals surface area contributed by atoms with Crippen molar-refractivity contribution in [3.8, 4) is 0 Å². The number of halogens is 2. The van der Waals surface area contributed by atoms with Crippen molar-refractivity contribution in [3.63, 3.8) is 0 Å². The first kappa shape index (κ1) is 22.6. The average Bonchev–Trinajstić information content (AvgIpc) is 3.02.